The highest BCUT2D eigenvalue weighted by Gasteiger charge is 2.34. The summed E-state index contributed by atoms with van der Waals surface area (Å²) in [6.45, 7) is 7.92. The SMILES string of the molecule is Nc1ccc(OCCOCCOCCOCCOCCOCCOCCOCCOCCN2C(=O)c3ccccc3C2=O)cc1. The third-order valence-electron chi connectivity index (χ3n) is 6.32. The molecule has 1 aliphatic heterocycles. The van der Waals surface area contributed by atoms with Crippen molar-refractivity contribution in [3.8, 4) is 5.75 Å². The number of carbonyl (C=O) groups is 2. The number of hydrogen-bond acceptors (Lipinski definition) is 12. The van der Waals surface area contributed by atoms with E-state index in [2.05, 4.69) is 0 Å². The first-order valence-electron chi connectivity index (χ1n) is 15.2. The highest BCUT2D eigenvalue weighted by atomic mass is 16.6. The van der Waals surface area contributed by atoms with E-state index in [4.69, 9.17) is 48.4 Å². The smallest absolute Gasteiger partial charge is 0.261 e. The molecule has 2 N–H and O–H groups in total. The van der Waals surface area contributed by atoms with Crippen molar-refractivity contribution < 1.29 is 52.2 Å². The maximum absolute atomic E-state index is 12.3. The van der Waals surface area contributed by atoms with Gasteiger partial charge in [0.2, 0.25) is 0 Å². The molecular formula is C32H46N2O11. The molecule has 0 saturated carbocycles. The molecule has 0 spiro atoms. The van der Waals surface area contributed by atoms with Gasteiger partial charge in [-0.2, -0.15) is 0 Å². The fourth-order valence-electron chi connectivity index (χ4n) is 4.02. The normalized spacial score (nSPS) is 12.7. The minimum atomic E-state index is -0.278. The van der Waals surface area contributed by atoms with Crippen molar-refractivity contribution in [2.24, 2.45) is 0 Å². The lowest BCUT2D eigenvalue weighted by molar-refractivity contribution is -0.0238. The molecule has 0 unspecified atom stereocenters. The van der Waals surface area contributed by atoms with E-state index in [9.17, 15) is 9.59 Å². The molecule has 0 aliphatic carbocycles. The van der Waals surface area contributed by atoms with Crippen LogP contribution in [-0.2, 0) is 37.9 Å². The highest BCUT2D eigenvalue weighted by Crippen LogP contribution is 2.21. The minimum absolute atomic E-state index is 0.215. The monoisotopic (exact) mass is 634 g/mol. The second kappa shape index (κ2) is 23.2. The van der Waals surface area contributed by atoms with Crippen LogP contribution < -0.4 is 10.5 Å². The number of rotatable bonds is 28. The van der Waals surface area contributed by atoms with Crippen LogP contribution >= 0.6 is 0 Å². The largest absolute Gasteiger partial charge is 0.491 e. The fraction of sp³-hybridized carbons (Fsp3) is 0.562. The van der Waals surface area contributed by atoms with Crippen LogP contribution in [0.5, 0.6) is 5.75 Å². The van der Waals surface area contributed by atoms with Gasteiger partial charge in [-0.1, -0.05) is 12.1 Å². The van der Waals surface area contributed by atoms with Gasteiger partial charge in [-0.3, -0.25) is 14.5 Å². The first-order chi connectivity index (χ1) is 22.2. The summed E-state index contributed by atoms with van der Waals surface area (Å²) in [4.78, 5) is 25.8. The van der Waals surface area contributed by atoms with Gasteiger partial charge in [0.1, 0.15) is 12.4 Å². The predicted octanol–water partition coefficient (Wildman–Crippen LogP) is 2.08. The van der Waals surface area contributed by atoms with Crippen molar-refractivity contribution in [3.63, 3.8) is 0 Å². The first-order valence-corrected chi connectivity index (χ1v) is 15.2. The number of carbonyl (C=O) groups excluding carboxylic acids is 2. The van der Waals surface area contributed by atoms with Crippen LogP contribution in [0.25, 0.3) is 0 Å². The van der Waals surface area contributed by atoms with Gasteiger partial charge in [0.25, 0.3) is 11.8 Å². The molecule has 0 bridgehead atoms. The van der Waals surface area contributed by atoms with E-state index >= 15 is 0 Å². The number of nitrogen functional groups attached to an aromatic ring is 1. The fourth-order valence-corrected chi connectivity index (χ4v) is 4.02. The summed E-state index contributed by atoms with van der Waals surface area (Å²) in [5.41, 5.74) is 7.22. The Kier molecular flexibility index (Phi) is 18.8. The van der Waals surface area contributed by atoms with E-state index in [0.717, 1.165) is 5.75 Å². The average Bonchev–Trinajstić information content (AvgIpc) is 3.30. The van der Waals surface area contributed by atoms with Gasteiger partial charge in [0, 0.05) is 5.69 Å². The summed E-state index contributed by atoms with van der Waals surface area (Å²) >= 11 is 0. The number of ether oxygens (including phenoxy) is 9. The molecule has 0 radical (unpaired) electrons. The Morgan fingerprint density at radius 3 is 1.16 bits per heavy atom. The van der Waals surface area contributed by atoms with E-state index < -0.39 is 0 Å². The summed E-state index contributed by atoms with van der Waals surface area (Å²) < 4.78 is 49.3. The number of amides is 2. The molecule has 0 saturated heterocycles. The second-order valence-corrected chi connectivity index (χ2v) is 9.62. The zero-order valence-corrected chi connectivity index (χ0v) is 25.9. The van der Waals surface area contributed by atoms with Crippen molar-refractivity contribution in [2.75, 3.05) is 125 Å². The number of benzene rings is 2. The predicted molar refractivity (Wildman–Crippen MR) is 165 cm³/mol. The number of anilines is 1. The molecule has 2 aromatic carbocycles. The number of imide groups is 1. The molecule has 2 aromatic rings. The molecule has 3 rings (SSSR count). The molecule has 0 fully saturated rings. The molecule has 1 heterocycles. The highest BCUT2D eigenvalue weighted by molar-refractivity contribution is 6.21. The van der Waals surface area contributed by atoms with Gasteiger partial charge >= 0.3 is 0 Å². The zero-order valence-electron chi connectivity index (χ0n) is 25.9. The summed E-state index contributed by atoms with van der Waals surface area (Å²) in [7, 11) is 0. The molecule has 45 heavy (non-hydrogen) atoms. The summed E-state index contributed by atoms with van der Waals surface area (Å²) in [5, 5.41) is 0. The molecule has 250 valence electrons. The molecule has 13 heteroatoms. The van der Waals surface area contributed by atoms with Crippen molar-refractivity contribution in [3.05, 3.63) is 59.7 Å². The van der Waals surface area contributed by atoms with Gasteiger partial charge in [0.05, 0.1) is 123 Å². The summed E-state index contributed by atoms with van der Waals surface area (Å²) in [6.07, 6.45) is 0. The van der Waals surface area contributed by atoms with E-state index in [1.807, 2.05) is 12.1 Å². The number of nitrogens with two attached hydrogens (primary N) is 1. The van der Waals surface area contributed by atoms with Crippen molar-refractivity contribution >= 4 is 17.5 Å². The van der Waals surface area contributed by atoms with Crippen LogP contribution in [0.3, 0.4) is 0 Å². The maximum atomic E-state index is 12.3. The molecule has 1 aliphatic rings. The van der Waals surface area contributed by atoms with Crippen molar-refractivity contribution in [1.82, 2.24) is 4.90 Å². The van der Waals surface area contributed by atoms with Crippen LogP contribution in [0.1, 0.15) is 20.7 Å². The average molecular weight is 635 g/mol. The van der Waals surface area contributed by atoms with Crippen LogP contribution in [0.15, 0.2) is 48.5 Å². The first kappa shape index (κ1) is 36.3. The van der Waals surface area contributed by atoms with E-state index in [-0.39, 0.29) is 25.0 Å². The van der Waals surface area contributed by atoms with Gasteiger partial charge < -0.3 is 48.4 Å². The minimum Gasteiger partial charge on any atom is -0.491 e. The van der Waals surface area contributed by atoms with Crippen LogP contribution in [0.2, 0.25) is 0 Å². The number of nitrogens with zero attached hydrogens (tertiary/aromatic N) is 1. The molecule has 2 amide bonds. The van der Waals surface area contributed by atoms with Gasteiger partial charge in [-0.25, -0.2) is 0 Å². The lowest BCUT2D eigenvalue weighted by Crippen LogP contribution is -2.33. The Morgan fingerprint density at radius 2 is 0.778 bits per heavy atom. The lowest BCUT2D eigenvalue weighted by Gasteiger charge is -2.13. The zero-order chi connectivity index (χ0) is 31.8. The summed E-state index contributed by atoms with van der Waals surface area (Å²) in [6, 6.07) is 14.1. The van der Waals surface area contributed by atoms with Gasteiger partial charge in [0.15, 0.2) is 0 Å². The van der Waals surface area contributed by atoms with Crippen molar-refractivity contribution in [2.45, 2.75) is 0 Å². The van der Waals surface area contributed by atoms with Gasteiger partial charge in [-0.15, -0.1) is 0 Å². The Labute approximate surface area is 264 Å². The van der Waals surface area contributed by atoms with E-state index in [1.165, 1.54) is 4.90 Å². The molecule has 0 atom stereocenters. The Hall–Kier alpha value is -3.14. The Bertz CT molecular complexity index is 1050. The molecule has 0 aromatic heterocycles. The standard InChI is InChI=1S/C32H46N2O11/c33-27-5-7-28(8-6-27)45-26-25-44-24-23-43-22-21-42-20-19-41-18-17-40-16-15-39-14-13-38-12-11-37-10-9-34-31(35)29-3-1-2-4-30(29)32(34)36/h1-8H,9-26,33H2. The van der Waals surface area contributed by atoms with Crippen LogP contribution in [-0.4, -0.2) is 136 Å². The molecular weight excluding hydrogens is 588 g/mol. The molecule has 13 nitrogen and oxygen atoms in total. The lowest BCUT2D eigenvalue weighted by atomic mass is 10.1. The van der Waals surface area contributed by atoms with Gasteiger partial charge in [-0.05, 0) is 36.4 Å². The van der Waals surface area contributed by atoms with E-state index in [0.29, 0.717) is 123 Å². The van der Waals surface area contributed by atoms with Crippen LogP contribution in [0, 0.1) is 0 Å². The van der Waals surface area contributed by atoms with E-state index in [1.54, 1.807) is 36.4 Å². The van der Waals surface area contributed by atoms with Crippen molar-refractivity contribution in [1.29, 1.82) is 0 Å². The third-order valence-corrected chi connectivity index (χ3v) is 6.32. The topological polar surface area (TPSA) is 146 Å². The summed E-state index contributed by atoms with van der Waals surface area (Å²) in [5.74, 6) is 0.210. The Morgan fingerprint density at radius 1 is 0.444 bits per heavy atom. The second-order valence-electron chi connectivity index (χ2n) is 9.62. The maximum Gasteiger partial charge on any atom is 0.261 e. The quantitative estimate of drug-likeness (QED) is 0.0831. The number of fused-ring (bicyclic) bond motifs is 1. The Balaban J connectivity index is 0.951. The number of hydrogen-bond donors (Lipinski definition) is 1. The third kappa shape index (κ3) is 15.1. The van der Waals surface area contributed by atoms with Crippen LogP contribution in [0.4, 0.5) is 5.69 Å².